The number of benzene rings is 1. The molecule has 1 aliphatic carbocycles. The molecule has 0 spiro atoms. The molecule has 1 aromatic carbocycles. The van der Waals surface area contributed by atoms with E-state index in [1.807, 2.05) is 30.9 Å². The van der Waals surface area contributed by atoms with Gasteiger partial charge in [0.15, 0.2) is 6.61 Å². The lowest BCUT2D eigenvalue weighted by atomic mass is 10.3. The number of carbonyl (C=O) groups excluding carboxylic acids is 2. The molecule has 1 saturated carbocycles. The van der Waals surface area contributed by atoms with Crippen LogP contribution in [-0.2, 0) is 9.53 Å². The normalized spacial score (nSPS) is 13.6. The summed E-state index contributed by atoms with van der Waals surface area (Å²) >= 11 is 7.29. The van der Waals surface area contributed by atoms with Crippen LogP contribution in [0.2, 0.25) is 5.02 Å². The van der Waals surface area contributed by atoms with Gasteiger partial charge < -0.3 is 9.64 Å². The molecule has 0 radical (unpaired) electrons. The van der Waals surface area contributed by atoms with Gasteiger partial charge in [0, 0.05) is 23.5 Å². The summed E-state index contributed by atoms with van der Waals surface area (Å²) in [6.07, 6.45) is 3.25. The molecular formula is C22H24ClN3O3S. The van der Waals surface area contributed by atoms with E-state index in [0.29, 0.717) is 22.4 Å². The second kappa shape index (κ2) is 8.78. The predicted molar refractivity (Wildman–Crippen MR) is 119 cm³/mol. The van der Waals surface area contributed by atoms with Gasteiger partial charge in [0.25, 0.3) is 5.91 Å². The average molecular weight is 446 g/mol. The molecular weight excluding hydrogens is 422 g/mol. The van der Waals surface area contributed by atoms with Crippen LogP contribution in [0.4, 0.5) is 0 Å². The summed E-state index contributed by atoms with van der Waals surface area (Å²) in [7, 11) is 0. The van der Waals surface area contributed by atoms with Crippen LogP contribution in [0, 0.1) is 12.8 Å². The fourth-order valence-corrected chi connectivity index (χ4v) is 4.60. The number of amides is 1. The highest BCUT2D eigenvalue weighted by Gasteiger charge is 2.27. The first-order valence-corrected chi connectivity index (χ1v) is 11.4. The maximum atomic E-state index is 12.6. The number of rotatable bonds is 8. The second-order valence-electron chi connectivity index (χ2n) is 7.66. The van der Waals surface area contributed by atoms with Gasteiger partial charge in [-0.3, -0.25) is 4.79 Å². The quantitative estimate of drug-likeness (QED) is 0.465. The van der Waals surface area contributed by atoms with Gasteiger partial charge in [0.2, 0.25) is 0 Å². The summed E-state index contributed by atoms with van der Waals surface area (Å²) in [5, 5.41) is 6.12. The lowest BCUT2D eigenvalue weighted by Gasteiger charge is -2.21. The molecule has 0 unspecified atom stereocenters. The number of esters is 1. The molecule has 0 aliphatic heterocycles. The van der Waals surface area contributed by atoms with Gasteiger partial charge in [0.1, 0.15) is 9.71 Å². The zero-order valence-corrected chi connectivity index (χ0v) is 18.6. The van der Waals surface area contributed by atoms with Crippen LogP contribution in [0.15, 0.2) is 30.3 Å². The summed E-state index contributed by atoms with van der Waals surface area (Å²) in [5.41, 5.74) is 1.69. The molecule has 8 heteroatoms. The Morgan fingerprint density at radius 3 is 2.70 bits per heavy atom. The monoisotopic (exact) mass is 445 g/mol. The van der Waals surface area contributed by atoms with E-state index >= 15 is 0 Å². The molecule has 0 N–H and O–H groups in total. The first-order valence-electron chi connectivity index (χ1n) is 10.2. The van der Waals surface area contributed by atoms with Crippen molar-refractivity contribution in [1.82, 2.24) is 14.7 Å². The molecule has 0 atom stereocenters. The highest BCUT2D eigenvalue weighted by molar-refractivity contribution is 7.20. The number of carbonyl (C=O) groups is 2. The topological polar surface area (TPSA) is 64.4 Å². The maximum absolute atomic E-state index is 12.6. The number of aryl methyl sites for hydroxylation is 1. The van der Waals surface area contributed by atoms with E-state index in [1.54, 1.807) is 22.9 Å². The van der Waals surface area contributed by atoms with Gasteiger partial charge >= 0.3 is 5.97 Å². The van der Waals surface area contributed by atoms with Crippen molar-refractivity contribution in [2.75, 3.05) is 19.7 Å². The third-order valence-electron chi connectivity index (χ3n) is 5.17. The van der Waals surface area contributed by atoms with Crippen molar-refractivity contribution in [2.24, 2.45) is 5.92 Å². The minimum Gasteiger partial charge on any atom is -0.451 e. The van der Waals surface area contributed by atoms with Crippen molar-refractivity contribution in [2.45, 2.75) is 33.1 Å². The zero-order valence-electron chi connectivity index (χ0n) is 17.1. The summed E-state index contributed by atoms with van der Waals surface area (Å²) < 4.78 is 7.15. The van der Waals surface area contributed by atoms with Crippen molar-refractivity contribution >= 4 is 45.0 Å². The van der Waals surface area contributed by atoms with Gasteiger partial charge in [-0.1, -0.05) is 18.5 Å². The first kappa shape index (κ1) is 20.9. The smallest absolute Gasteiger partial charge is 0.348 e. The van der Waals surface area contributed by atoms with Gasteiger partial charge in [-0.2, -0.15) is 5.10 Å². The predicted octanol–water partition coefficient (Wildman–Crippen LogP) is 4.85. The Hall–Kier alpha value is -2.38. The summed E-state index contributed by atoms with van der Waals surface area (Å²) in [6, 6.07) is 9.16. The van der Waals surface area contributed by atoms with Crippen molar-refractivity contribution in [3.8, 4) is 5.69 Å². The van der Waals surface area contributed by atoms with E-state index in [0.717, 1.165) is 34.6 Å². The third kappa shape index (κ3) is 4.52. The number of aromatic nitrogens is 2. The zero-order chi connectivity index (χ0) is 21.3. The SMILES string of the molecule is CCCN(CC1CC1)C(=O)COC(=O)c1cc2c(C)nn(-c3ccc(Cl)cc3)c2s1. The number of nitrogens with zero attached hydrogens (tertiary/aromatic N) is 3. The molecule has 6 nitrogen and oxygen atoms in total. The van der Waals surface area contributed by atoms with E-state index in [4.69, 9.17) is 16.3 Å². The van der Waals surface area contributed by atoms with Crippen LogP contribution < -0.4 is 0 Å². The largest absolute Gasteiger partial charge is 0.451 e. The van der Waals surface area contributed by atoms with E-state index in [9.17, 15) is 9.59 Å². The molecule has 4 rings (SSSR count). The fourth-order valence-electron chi connectivity index (χ4n) is 3.39. The summed E-state index contributed by atoms with van der Waals surface area (Å²) in [5.74, 6) is 0.00814. The van der Waals surface area contributed by atoms with Crippen LogP contribution in [0.3, 0.4) is 0 Å². The van der Waals surface area contributed by atoms with Crippen molar-refractivity contribution < 1.29 is 14.3 Å². The summed E-state index contributed by atoms with van der Waals surface area (Å²) in [6.45, 7) is 5.19. The fraction of sp³-hybridized carbons (Fsp3) is 0.409. The van der Waals surface area contributed by atoms with E-state index < -0.39 is 5.97 Å². The molecule has 158 valence electrons. The minimum atomic E-state index is -0.477. The van der Waals surface area contributed by atoms with Gasteiger partial charge in [-0.05, 0) is 62.4 Å². The van der Waals surface area contributed by atoms with Crippen LogP contribution in [-0.4, -0.2) is 46.3 Å². The molecule has 1 amide bonds. The van der Waals surface area contributed by atoms with Crippen molar-refractivity contribution in [3.05, 3.63) is 45.9 Å². The number of fused-ring (bicyclic) bond motifs is 1. The Kier molecular flexibility index (Phi) is 6.11. The molecule has 2 aromatic heterocycles. The van der Waals surface area contributed by atoms with Gasteiger partial charge in [-0.15, -0.1) is 11.3 Å². The van der Waals surface area contributed by atoms with Gasteiger partial charge in [-0.25, -0.2) is 9.48 Å². The Balaban J connectivity index is 1.47. The number of thiophene rings is 1. The number of hydrogen-bond donors (Lipinski definition) is 0. The molecule has 3 aromatic rings. The Bertz CT molecular complexity index is 1070. The molecule has 1 fully saturated rings. The van der Waals surface area contributed by atoms with Crippen LogP contribution in [0.5, 0.6) is 0 Å². The lowest BCUT2D eigenvalue weighted by Crippen LogP contribution is -2.36. The Morgan fingerprint density at radius 1 is 1.30 bits per heavy atom. The Labute approximate surface area is 184 Å². The standard InChI is InChI=1S/C22H24ClN3O3S/c1-3-10-25(12-15-4-5-15)20(27)13-29-22(28)19-11-18-14(2)24-26(21(18)30-19)17-8-6-16(23)7-9-17/h6-9,11,15H,3-5,10,12-13H2,1-2H3. The van der Waals surface area contributed by atoms with Crippen molar-refractivity contribution in [1.29, 1.82) is 0 Å². The summed E-state index contributed by atoms with van der Waals surface area (Å²) in [4.78, 5) is 28.2. The highest BCUT2D eigenvalue weighted by atomic mass is 35.5. The van der Waals surface area contributed by atoms with Crippen LogP contribution >= 0.6 is 22.9 Å². The molecule has 0 bridgehead atoms. The number of ether oxygens (including phenoxy) is 1. The van der Waals surface area contributed by atoms with Crippen molar-refractivity contribution in [3.63, 3.8) is 0 Å². The first-order chi connectivity index (χ1) is 14.5. The molecule has 2 heterocycles. The molecule has 30 heavy (non-hydrogen) atoms. The molecule has 0 saturated heterocycles. The maximum Gasteiger partial charge on any atom is 0.348 e. The second-order valence-corrected chi connectivity index (χ2v) is 9.13. The van der Waals surface area contributed by atoms with E-state index in [1.165, 1.54) is 24.2 Å². The van der Waals surface area contributed by atoms with Crippen LogP contribution in [0.25, 0.3) is 15.9 Å². The number of halogens is 1. The van der Waals surface area contributed by atoms with E-state index in [-0.39, 0.29) is 12.5 Å². The lowest BCUT2D eigenvalue weighted by molar-refractivity contribution is -0.134. The van der Waals surface area contributed by atoms with Crippen LogP contribution in [0.1, 0.15) is 41.6 Å². The highest BCUT2D eigenvalue weighted by Crippen LogP contribution is 2.31. The van der Waals surface area contributed by atoms with E-state index in [2.05, 4.69) is 5.10 Å². The minimum absolute atomic E-state index is 0.123. The third-order valence-corrected chi connectivity index (χ3v) is 6.51. The Morgan fingerprint density at radius 2 is 2.03 bits per heavy atom. The number of hydrogen-bond acceptors (Lipinski definition) is 5. The van der Waals surface area contributed by atoms with Gasteiger partial charge in [0.05, 0.1) is 11.4 Å². The average Bonchev–Trinajstić information content (AvgIpc) is 3.35. The molecule has 1 aliphatic rings.